The van der Waals surface area contributed by atoms with Crippen molar-refractivity contribution in [2.75, 3.05) is 0 Å². The first-order chi connectivity index (χ1) is 10.2. The highest BCUT2D eigenvalue weighted by Gasteiger charge is 2.17. The Morgan fingerprint density at radius 1 is 1.29 bits per heavy atom. The number of thioether (sulfide) groups is 1. The fourth-order valence-electron chi connectivity index (χ4n) is 2.43. The maximum Gasteiger partial charge on any atom is 0.335 e. The molecule has 0 spiro atoms. The van der Waals surface area contributed by atoms with Crippen LogP contribution in [0.1, 0.15) is 41.9 Å². The molecule has 1 fully saturated rings. The lowest BCUT2D eigenvalue weighted by Gasteiger charge is -2.04. The molecule has 1 heterocycles. The molecule has 1 N–H and O–H groups in total. The minimum atomic E-state index is -0.944. The molecule has 3 rings (SSSR count). The lowest BCUT2D eigenvalue weighted by molar-refractivity contribution is 0.0697. The quantitative estimate of drug-likeness (QED) is 0.909. The molecule has 21 heavy (non-hydrogen) atoms. The summed E-state index contributed by atoms with van der Waals surface area (Å²) in [5, 5.41) is 13.6. The molecule has 1 aliphatic rings. The van der Waals surface area contributed by atoms with E-state index < -0.39 is 5.97 Å². The first kappa shape index (κ1) is 14.1. The van der Waals surface area contributed by atoms with Gasteiger partial charge in [-0.05, 0) is 37.1 Å². The molecule has 110 valence electrons. The van der Waals surface area contributed by atoms with Gasteiger partial charge in [0.15, 0.2) is 5.82 Å². The van der Waals surface area contributed by atoms with Gasteiger partial charge in [-0.25, -0.2) is 4.79 Å². The van der Waals surface area contributed by atoms with Crippen LogP contribution in [0.2, 0.25) is 0 Å². The minimum Gasteiger partial charge on any atom is -0.478 e. The number of aromatic nitrogens is 2. The van der Waals surface area contributed by atoms with Crippen LogP contribution in [0.3, 0.4) is 0 Å². The largest absolute Gasteiger partial charge is 0.478 e. The summed E-state index contributed by atoms with van der Waals surface area (Å²) in [4.78, 5) is 15.2. The van der Waals surface area contributed by atoms with Gasteiger partial charge in [-0.1, -0.05) is 18.0 Å². The molecule has 1 aromatic carbocycles. The van der Waals surface area contributed by atoms with Gasteiger partial charge in [0.25, 0.3) is 5.89 Å². The molecule has 1 aromatic heterocycles. The Kier molecular flexibility index (Phi) is 4.24. The highest BCUT2D eigenvalue weighted by molar-refractivity contribution is 7.99. The number of carboxylic acid groups (broad SMARTS) is 1. The second-order valence-electron chi connectivity index (χ2n) is 5.12. The molecule has 2 aromatic rings. The molecule has 0 unspecified atom stereocenters. The van der Waals surface area contributed by atoms with Crippen molar-refractivity contribution in [1.29, 1.82) is 0 Å². The molecule has 6 heteroatoms. The van der Waals surface area contributed by atoms with Crippen molar-refractivity contribution in [3.8, 4) is 11.5 Å². The average molecular weight is 304 g/mol. The van der Waals surface area contributed by atoms with Crippen molar-refractivity contribution in [2.24, 2.45) is 0 Å². The van der Waals surface area contributed by atoms with Crippen molar-refractivity contribution >= 4 is 17.7 Å². The SMILES string of the molecule is O=C(O)c1ccc(-c2nc(CSC3CCCC3)no2)cc1. The summed E-state index contributed by atoms with van der Waals surface area (Å²) in [6, 6.07) is 6.44. The van der Waals surface area contributed by atoms with E-state index in [1.165, 1.54) is 37.8 Å². The van der Waals surface area contributed by atoms with Crippen molar-refractivity contribution in [1.82, 2.24) is 10.1 Å². The number of benzene rings is 1. The summed E-state index contributed by atoms with van der Waals surface area (Å²) < 4.78 is 5.24. The Morgan fingerprint density at radius 2 is 2.00 bits per heavy atom. The van der Waals surface area contributed by atoms with E-state index in [2.05, 4.69) is 10.1 Å². The summed E-state index contributed by atoms with van der Waals surface area (Å²) >= 11 is 1.89. The van der Waals surface area contributed by atoms with Crippen LogP contribution in [0.15, 0.2) is 28.8 Å². The fraction of sp³-hybridized carbons (Fsp3) is 0.400. The van der Waals surface area contributed by atoms with Crippen LogP contribution in [0, 0.1) is 0 Å². The van der Waals surface area contributed by atoms with Gasteiger partial charge in [0, 0.05) is 10.8 Å². The fourth-order valence-corrected chi connectivity index (χ4v) is 3.60. The van der Waals surface area contributed by atoms with E-state index in [1.807, 2.05) is 11.8 Å². The maximum absolute atomic E-state index is 10.8. The topological polar surface area (TPSA) is 76.2 Å². The molecule has 1 saturated carbocycles. The molecule has 0 saturated heterocycles. The van der Waals surface area contributed by atoms with Gasteiger partial charge in [0.1, 0.15) is 0 Å². The van der Waals surface area contributed by atoms with Gasteiger partial charge in [-0.2, -0.15) is 16.7 Å². The lowest BCUT2D eigenvalue weighted by Crippen LogP contribution is -1.96. The second kappa shape index (κ2) is 6.30. The number of hydrogen-bond acceptors (Lipinski definition) is 5. The van der Waals surface area contributed by atoms with E-state index in [0.717, 1.165) is 16.6 Å². The first-order valence-electron chi connectivity index (χ1n) is 7.00. The van der Waals surface area contributed by atoms with Crippen LogP contribution >= 0.6 is 11.8 Å². The zero-order chi connectivity index (χ0) is 14.7. The van der Waals surface area contributed by atoms with Gasteiger partial charge < -0.3 is 9.63 Å². The van der Waals surface area contributed by atoms with Crippen LogP contribution in [0.4, 0.5) is 0 Å². The van der Waals surface area contributed by atoms with Gasteiger partial charge in [-0.15, -0.1) is 0 Å². The Morgan fingerprint density at radius 3 is 2.67 bits per heavy atom. The summed E-state index contributed by atoms with van der Waals surface area (Å²) in [6.07, 6.45) is 5.22. The summed E-state index contributed by atoms with van der Waals surface area (Å²) in [5.74, 6) is 0.959. The van der Waals surface area contributed by atoms with Crippen LogP contribution < -0.4 is 0 Å². The lowest BCUT2D eigenvalue weighted by atomic mass is 10.1. The molecule has 0 bridgehead atoms. The summed E-state index contributed by atoms with van der Waals surface area (Å²) in [6.45, 7) is 0. The predicted octanol–water partition coefficient (Wildman–Crippen LogP) is 3.61. The van der Waals surface area contributed by atoms with Crippen LogP contribution in [-0.4, -0.2) is 26.5 Å². The number of rotatable bonds is 5. The van der Waals surface area contributed by atoms with E-state index in [1.54, 1.807) is 12.1 Å². The Balaban J connectivity index is 1.64. The van der Waals surface area contributed by atoms with E-state index in [-0.39, 0.29) is 5.56 Å². The van der Waals surface area contributed by atoms with Gasteiger partial charge >= 0.3 is 5.97 Å². The highest BCUT2D eigenvalue weighted by atomic mass is 32.2. The third-order valence-corrected chi connectivity index (χ3v) is 4.96. The highest BCUT2D eigenvalue weighted by Crippen LogP contribution is 2.31. The van der Waals surface area contributed by atoms with Crippen molar-refractivity contribution in [2.45, 2.75) is 36.7 Å². The molecule has 5 nitrogen and oxygen atoms in total. The van der Waals surface area contributed by atoms with Crippen molar-refractivity contribution in [3.63, 3.8) is 0 Å². The molecular formula is C15H16N2O3S. The average Bonchev–Trinajstić information content (AvgIpc) is 3.17. The smallest absolute Gasteiger partial charge is 0.335 e. The van der Waals surface area contributed by atoms with Crippen LogP contribution in [0.5, 0.6) is 0 Å². The summed E-state index contributed by atoms with van der Waals surface area (Å²) in [7, 11) is 0. The number of hydrogen-bond donors (Lipinski definition) is 1. The monoisotopic (exact) mass is 304 g/mol. The Bertz CT molecular complexity index is 618. The van der Waals surface area contributed by atoms with E-state index in [4.69, 9.17) is 9.63 Å². The minimum absolute atomic E-state index is 0.246. The van der Waals surface area contributed by atoms with E-state index >= 15 is 0 Å². The number of nitrogens with zero attached hydrogens (tertiary/aromatic N) is 2. The van der Waals surface area contributed by atoms with Crippen molar-refractivity contribution < 1.29 is 14.4 Å². The predicted molar refractivity (Wildman–Crippen MR) is 80.2 cm³/mol. The maximum atomic E-state index is 10.8. The number of carboxylic acids is 1. The van der Waals surface area contributed by atoms with E-state index in [9.17, 15) is 4.79 Å². The van der Waals surface area contributed by atoms with Gasteiger partial charge in [0.2, 0.25) is 0 Å². The van der Waals surface area contributed by atoms with Gasteiger partial charge in [-0.3, -0.25) is 0 Å². The first-order valence-corrected chi connectivity index (χ1v) is 8.05. The zero-order valence-corrected chi connectivity index (χ0v) is 12.3. The number of carbonyl (C=O) groups is 1. The standard InChI is InChI=1S/C15H16N2O3S/c18-15(19)11-7-5-10(6-8-11)14-16-13(17-20-14)9-21-12-3-1-2-4-12/h5-8,12H,1-4,9H2,(H,18,19). The molecule has 0 radical (unpaired) electrons. The Hall–Kier alpha value is -1.82. The van der Waals surface area contributed by atoms with Crippen LogP contribution in [-0.2, 0) is 5.75 Å². The third-order valence-electron chi connectivity index (χ3n) is 3.60. The van der Waals surface area contributed by atoms with Crippen LogP contribution in [0.25, 0.3) is 11.5 Å². The van der Waals surface area contributed by atoms with E-state index in [0.29, 0.717) is 11.7 Å². The normalized spacial score (nSPS) is 15.4. The number of aromatic carboxylic acids is 1. The molecular weight excluding hydrogens is 288 g/mol. The summed E-state index contributed by atoms with van der Waals surface area (Å²) in [5.41, 5.74) is 0.986. The molecule has 0 aliphatic heterocycles. The van der Waals surface area contributed by atoms with Crippen molar-refractivity contribution in [3.05, 3.63) is 35.7 Å². The molecule has 1 aliphatic carbocycles. The Labute approximate surface area is 126 Å². The zero-order valence-electron chi connectivity index (χ0n) is 11.5. The second-order valence-corrected chi connectivity index (χ2v) is 6.40. The van der Waals surface area contributed by atoms with Gasteiger partial charge in [0.05, 0.1) is 11.3 Å². The third kappa shape index (κ3) is 3.44. The molecule has 0 amide bonds. The molecule has 0 atom stereocenters.